The van der Waals surface area contributed by atoms with E-state index in [9.17, 15) is 9.59 Å². The van der Waals surface area contributed by atoms with Gasteiger partial charge in [-0.2, -0.15) is 0 Å². The first-order valence-corrected chi connectivity index (χ1v) is 6.07. The van der Waals surface area contributed by atoms with Crippen LogP contribution in [0, 0.1) is 6.92 Å². The summed E-state index contributed by atoms with van der Waals surface area (Å²) in [5.74, 6) is -0.393. The molecule has 1 aromatic heterocycles. The summed E-state index contributed by atoms with van der Waals surface area (Å²) in [6.07, 6.45) is 0.689. The van der Waals surface area contributed by atoms with Crippen molar-refractivity contribution in [3.8, 4) is 5.69 Å². The number of nitrogens with zero attached hydrogens (tertiary/aromatic N) is 1. The first-order chi connectivity index (χ1) is 9.08. The highest BCUT2D eigenvalue weighted by Gasteiger charge is 2.11. The summed E-state index contributed by atoms with van der Waals surface area (Å²) >= 11 is 0. The molecule has 2 aromatic rings. The Bertz CT molecular complexity index is 650. The third kappa shape index (κ3) is 2.31. The van der Waals surface area contributed by atoms with E-state index in [2.05, 4.69) is 9.84 Å². The molecular formula is C14H16N2O3. The molecule has 0 saturated heterocycles. The van der Waals surface area contributed by atoms with Crippen molar-refractivity contribution in [2.45, 2.75) is 20.3 Å². The lowest BCUT2D eigenvalue weighted by Gasteiger charge is -2.03. The van der Waals surface area contributed by atoms with Gasteiger partial charge in [-0.3, -0.25) is 9.89 Å². The van der Waals surface area contributed by atoms with Gasteiger partial charge in [-0.1, -0.05) is 6.92 Å². The Morgan fingerprint density at radius 1 is 1.32 bits per heavy atom. The van der Waals surface area contributed by atoms with Gasteiger partial charge in [0, 0.05) is 11.3 Å². The number of aromatic amines is 1. The first kappa shape index (κ1) is 13.1. The van der Waals surface area contributed by atoms with Crippen LogP contribution in [0.25, 0.3) is 5.69 Å². The van der Waals surface area contributed by atoms with Crippen molar-refractivity contribution >= 4 is 5.97 Å². The van der Waals surface area contributed by atoms with Crippen LogP contribution in [-0.2, 0) is 11.2 Å². The van der Waals surface area contributed by atoms with E-state index in [0.29, 0.717) is 17.7 Å². The van der Waals surface area contributed by atoms with Gasteiger partial charge in [-0.25, -0.2) is 9.48 Å². The predicted molar refractivity (Wildman–Crippen MR) is 71.8 cm³/mol. The maximum Gasteiger partial charge on any atom is 0.337 e. The number of carbonyl (C=O) groups excluding carboxylic acids is 1. The number of nitrogens with one attached hydrogen (secondary N) is 1. The Morgan fingerprint density at radius 3 is 2.42 bits per heavy atom. The topological polar surface area (TPSA) is 64.1 Å². The van der Waals surface area contributed by atoms with Crippen molar-refractivity contribution in [2.75, 3.05) is 7.11 Å². The SMILES string of the molecule is CCc1c(C)[nH]n(-c2ccc(C(=O)OC)cc2)c1=O. The van der Waals surface area contributed by atoms with Gasteiger partial charge in [0.2, 0.25) is 0 Å². The van der Waals surface area contributed by atoms with Gasteiger partial charge in [-0.05, 0) is 37.6 Å². The van der Waals surface area contributed by atoms with Crippen molar-refractivity contribution < 1.29 is 9.53 Å². The third-order valence-electron chi connectivity index (χ3n) is 3.09. The zero-order valence-corrected chi connectivity index (χ0v) is 11.2. The van der Waals surface area contributed by atoms with Crippen LogP contribution in [0.15, 0.2) is 29.1 Å². The third-order valence-corrected chi connectivity index (χ3v) is 3.09. The van der Waals surface area contributed by atoms with E-state index in [1.807, 2.05) is 13.8 Å². The lowest BCUT2D eigenvalue weighted by atomic mass is 10.2. The number of esters is 1. The second-order valence-corrected chi connectivity index (χ2v) is 4.25. The maximum absolute atomic E-state index is 12.1. The fourth-order valence-corrected chi connectivity index (χ4v) is 2.04. The molecule has 0 spiro atoms. The summed E-state index contributed by atoms with van der Waals surface area (Å²) in [4.78, 5) is 23.5. The molecule has 19 heavy (non-hydrogen) atoms. The van der Waals surface area contributed by atoms with E-state index in [1.54, 1.807) is 24.3 Å². The van der Waals surface area contributed by atoms with Crippen molar-refractivity contribution in [2.24, 2.45) is 0 Å². The second kappa shape index (κ2) is 5.14. The molecule has 1 heterocycles. The van der Waals surface area contributed by atoms with Crippen LogP contribution in [0.3, 0.4) is 0 Å². The molecule has 0 aliphatic heterocycles. The van der Waals surface area contributed by atoms with E-state index in [1.165, 1.54) is 11.8 Å². The van der Waals surface area contributed by atoms with Crippen LogP contribution in [-0.4, -0.2) is 22.9 Å². The molecule has 0 aliphatic carbocycles. The molecule has 2 rings (SSSR count). The number of benzene rings is 1. The molecule has 1 aromatic carbocycles. The molecule has 0 fully saturated rings. The Labute approximate surface area is 110 Å². The van der Waals surface area contributed by atoms with E-state index < -0.39 is 5.97 Å². The number of carbonyl (C=O) groups is 1. The molecular weight excluding hydrogens is 244 g/mol. The summed E-state index contributed by atoms with van der Waals surface area (Å²) in [6.45, 7) is 3.82. The number of H-pyrrole nitrogens is 1. The highest BCUT2D eigenvalue weighted by Crippen LogP contribution is 2.10. The number of aromatic nitrogens is 2. The minimum atomic E-state index is -0.393. The summed E-state index contributed by atoms with van der Waals surface area (Å²) in [7, 11) is 1.34. The maximum atomic E-state index is 12.1. The van der Waals surface area contributed by atoms with Crippen molar-refractivity contribution in [1.29, 1.82) is 0 Å². The van der Waals surface area contributed by atoms with Gasteiger partial charge >= 0.3 is 5.97 Å². The van der Waals surface area contributed by atoms with Crippen LogP contribution in [0.2, 0.25) is 0 Å². The van der Waals surface area contributed by atoms with Crippen molar-refractivity contribution in [1.82, 2.24) is 9.78 Å². The van der Waals surface area contributed by atoms with Crippen LogP contribution in [0.4, 0.5) is 0 Å². The second-order valence-electron chi connectivity index (χ2n) is 4.25. The zero-order chi connectivity index (χ0) is 14.0. The number of rotatable bonds is 3. The lowest BCUT2D eigenvalue weighted by molar-refractivity contribution is 0.0601. The van der Waals surface area contributed by atoms with Crippen LogP contribution in [0.5, 0.6) is 0 Å². The molecule has 1 N–H and O–H groups in total. The Balaban J connectivity index is 2.43. The molecule has 0 aliphatic rings. The van der Waals surface area contributed by atoms with E-state index in [4.69, 9.17) is 0 Å². The average molecular weight is 260 g/mol. The highest BCUT2D eigenvalue weighted by molar-refractivity contribution is 5.89. The van der Waals surface area contributed by atoms with Gasteiger partial charge in [-0.15, -0.1) is 0 Å². The van der Waals surface area contributed by atoms with E-state index >= 15 is 0 Å². The molecule has 100 valence electrons. The number of hydrogen-bond acceptors (Lipinski definition) is 3. The van der Waals surface area contributed by atoms with Gasteiger partial charge in [0.1, 0.15) is 0 Å². The monoisotopic (exact) mass is 260 g/mol. The van der Waals surface area contributed by atoms with Crippen molar-refractivity contribution in [3.05, 3.63) is 51.4 Å². The van der Waals surface area contributed by atoms with Crippen molar-refractivity contribution in [3.63, 3.8) is 0 Å². The number of hydrogen-bond donors (Lipinski definition) is 1. The Morgan fingerprint density at radius 2 is 1.95 bits per heavy atom. The Hall–Kier alpha value is -2.30. The molecule has 0 saturated carbocycles. The lowest BCUT2D eigenvalue weighted by Crippen LogP contribution is -2.17. The van der Waals surface area contributed by atoms with E-state index in [-0.39, 0.29) is 5.56 Å². The zero-order valence-electron chi connectivity index (χ0n) is 11.2. The summed E-state index contributed by atoms with van der Waals surface area (Å²) < 4.78 is 6.11. The number of aryl methyl sites for hydroxylation is 1. The quantitative estimate of drug-likeness (QED) is 0.856. The molecule has 0 radical (unpaired) electrons. The predicted octanol–water partition coefficient (Wildman–Crippen LogP) is 1.82. The standard InChI is InChI=1S/C14H16N2O3/c1-4-12-9(2)15-16(13(12)17)11-7-5-10(6-8-11)14(18)19-3/h5-8,15H,4H2,1-3H3. The first-order valence-electron chi connectivity index (χ1n) is 6.07. The largest absolute Gasteiger partial charge is 0.465 e. The van der Waals surface area contributed by atoms with Crippen LogP contribution in [0.1, 0.15) is 28.5 Å². The van der Waals surface area contributed by atoms with Gasteiger partial charge < -0.3 is 4.74 Å². The average Bonchev–Trinajstić information content (AvgIpc) is 2.72. The highest BCUT2D eigenvalue weighted by atomic mass is 16.5. The Kier molecular flexibility index (Phi) is 3.55. The van der Waals surface area contributed by atoms with Gasteiger partial charge in [0.25, 0.3) is 5.56 Å². The fraction of sp³-hybridized carbons (Fsp3) is 0.286. The van der Waals surface area contributed by atoms with Gasteiger partial charge in [0.15, 0.2) is 0 Å². The molecule has 0 bridgehead atoms. The van der Waals surface area contributed by atoms with Gasteiger partial charge in [0.05, 0.1) is 18.4 Å². The minimum absolute atomic E-state index is 0.0502. The van der Waals surface area contributed by atoms with E-state index in [0.717, 1.165) is 11.3 Å². The summed E-state index contributed by atoms with van der Waals surface area (Å²) in [5.41, 5.74) is 2.74. The fourth-order valence-electron chi connectivity index (χ4n) is 2.04. The molecule has 0 amide bonds. The molecule has 5 heteroatoms. The number of methoxy groups -OCH3 is 1. The summed E-state index contributed by atoms with van der Waals surface area (Å²) in [5, 5.41) is 3.03. The van der Waals surface area contributed by atoms with Crippen LogP contribution < -0.4 is 5.56 Å². The number of ether oxygens (including phenoxy) is 1. The van der Waals surface area contributed by atoms with Crippen LogP contribution >= 0.6 is 0 Å². The normalized spacial score (nSPS) is 10.5. The smallest absolute Gasteiger partial charge is 0.337 e. The molecule has 5 nitrogen and oxygen atoms in total. The molecule has 0 atom stereocenters. The summed E-state index contributed by atoms with van der Waals surface area (Å²) in [6, 6.07) is 6.69. The minimum Gasteiger partial charge on any atom is -0.465 e. The molecule has 0 unspecified atom stereocenters.